The van der Waals surface area contributed by atoms with Crippen LogP contribution in [0.15, 0.2) is 48.5 Å². The van der Waals surface area contributed by atoms with Crippen LogP contribution in [0.25, 0.3) is 11.4 Å². The van der Waals surface area contributed by atoms with Crippen molar-refractivity contribution in [3.63, 3.8) is 0 Å². The smallest absolute Gasteiger partial charge is 0.232 e. The van der Waals surface area contributed by atoms with E-state index in [9.17, 15) is 0 Å². The Kier molecular flexibility index (Phi) is 40.2. The summed E-state index contributed by atoms with van der Waals surface area (Å²) in [5.74, 6) is 1.90. The number of aryl methyl sites for hydroxylation is 4. The first-order valence-electron chi connectivity index (χ1n) is 35.1. The van der Waals surface area contributed by atoms with Crippen LogP contribution in [-0.4, -0.2) is 15.0 Å². The van der Waals surface area contributed by atoms with Crippen molar-refractivity contribution in [1.82, 2.24) is 15.0 Å². The van der Waals surface area contributed by atoms with E-state index in [0.717, 1.165) is 42.6 Å². The Morgan fingerprint density at radius 2 is 0.525 bits per heavy atom. The Bertz CT molecular complexity index is 1890. The van der Waals surface area contributed by atoms with Gasteiger partial charge in [0.2, 0.25) is 11.9 Å². The summed E-state index contributed by atoms with van der Waals surface area (Å²) in [6.07, 6.45) is 63.1. The number of nitrogens with one attached hydrogen (secondary N) is 2. The van der Waals surface area contributed by atoms with Crippen molar-refractivity contribution in [2.45, 2.75) is 350 Å². The van der Waals surface area contributed by atoms with Crippen molar-refractivity contribution in [2.24, 2.45) is 0 Å². The molecular weight excluding hydrogens is 971 g/mol. The molecule has 4 rings (SSSR count). The van der Waals surface area contributed by atoms with Crippen molar-refractivity contribution in [3.05, 3.63) is 88.0 Å². The van der Waals surface area contributed by atoms with Crippen LogP contribution in [0.5, 0.6) is 0 Å². The van der Waals surface area contributed by atoms with Gasteiger partial charge in [-0.15, -0.1) is 0 Å². The molecule has 0 unspecified atom stereocenters. The summed E-state index contributed by atoms with van der Waals surface area (Å²) < 4.78 is 0. The van der Waals surface area contributed by atoms with E-state index >= 15 is 0 Å². The van der Waals surface area contributed by atoms with Crippen LogP contribution in [0.4, 0.5) is 23.3 Å². The molecule has 449 valence electrons. The first kappa shape index (κ1) is 68.8. The fourth-order valence-corrected chi connectivity index (χ4v) is 12.3. The molecule has 1 radical (unpaired) electrons. The first-order chi connectivity index (χ1) is 39.5. The third kappa shape index (κ3) is 30.5. The van der Waals surface area contributed by atoms with E-state index in [1.54, 1.807) is 33.4 Å². The number of nitrogens with zero attached hydrogens (tertiary/aromatic N) is 3. The van der Waals surface area contributed by atoms with Crippen molar-refractivity contribution < 1.29 is 0 Å². The second-order valence-corrected chi connectivity index (χ2v) is 24.6. The molecule has 0 amide bonds. The third-order valence-electron chi connectivity index (χ3n) is 17.3. The van der Waals surface area contributed by atoms with E-state index in [-0.39, 0.29) is 0 Å². The van der Waals surface area contributed by atoms with Crippen LogP contribution in [0.1, 0.15) is 345 Å². The lowest BCUT2D eigenvalue weighted by atomic mass is 9.89. The van der Waals surface area contributed by atoms with Crippen LogP contribution < -0.4 is 10.6 Å². The molecule has 0 aliphatic carbocycles. The van der Waals surface area contributed by atoms with Gasteiger partial charge in [-0.25, -0.2) is 0 Å². The minimum absolute atomic E-state index is 0.607. The number of rotatable bonds is 53. The van der Waals surface area contributed by atoms with Gasteiger partial charge >= 0.3 is 0 Å². The largest absolute Gasteiger partial charge is 0.324 e. The van der Waals surface area contributed by atoms with Gasteiger partial charge in [0.15, 0.2) is 5.82 Å². The fraction of sp³-hybridized carbons (Fsp3) is 0.720. The van der Waals surface area contributed by atoms with Crippen LogP contribution >= 0.6 is 0 Å². The molecule has 0 spiro atoms. The van der Waals surface area contributed by atoms with E-state index in [2.05, 4.69) is 94.6 Å². The van der Waals surface area contributed by atoms with E-state index < -0.39 is 0 Å². The lowest BCUT2D eigenvalue weighted by molar-refractivity contribution is 0.578. The van der Waals surface area contributed by atoms with Gasteiger partial charge in [-0.2, -0.15) is 15.0 Å². The highest BCUT2D eigenvalue weighted by Gasteiger charge is 2.17. The van der Waals surface area contributed by atoms with Crippen molar-refractivity contribution in [1.29, 1.82) is 0 Å². The second kappa shape index (κ2) is 46.7. The average Bonchev–Trinajstić information content (AvgIpc) is 3.47. The van der Waals surface area contributed by atoms with Crippen LogP contribution in [0.3, 0.4) is 0 Å². The molecule has 2 N–H and O–H groups in total. The number of benzene rings is 3. The zero-order chi connectivity index (χ0) is 56.8. The molecule has 3 aromatic carbocycles. The predicted octanol–water partition coefficient (Wildman–Crippen LogP) is 24.6. The highest BCUT2D eigenvalue weighted by Crippen LogP contribution is 2.32. The highest BCUT2D eigenvalue weighted by molar-refractivity contribution is 5.66. The number of hydrogen-bond donors (Lipinski definition) is 2. The summed E-state index contributed by atoms with van der Waals surface area (Å²) >= 11 is 0. The molecule has 0 saturated carbocycles. The Hall–Kier alpha value is -3.73. The highest BCUT2D eigenvalue weighted by atomic mass is 15.2. The minimum Gasteiger partial charge on any atom is -0.324 e. The number of anilines is 4. The Morgan fingerprint density at radius 1 is 0.287 bits per heavy atom. The summed E-state index contributed by atoms with van der Waals surface area (Å²) in [5.41, 5.74) is 12.7. The van der Waals surface area contributed by atoms with E-state index in [0.29, 0.717) is 17.7 Å². The summed E-state index contributed by atoms with van der Waals surface area (Å²) in [4.78, 5) is 15.7. The average molecular weight is 1100 g/mol. The van der Waals surface area contributed by atoms with Gasteiger partial charge < -0.3 is 10.6 Å². The first-order valence-corrected chi connectivity index (χ1v) is 35.1. The van der Waals surface area contributed by atoms with Crippen LogP contribution in [-0.2, 0) is 38.5 Å². The normalized spacial score (nSPS) is 11.5. The summed E-state index contributed by atoms with van der Waals surface area (Å²) in [6.45, 7) is 14.0. The molecule has 1 heterocycles. The minimum atomic E-state index is 0.607. The zero-order valence-electron chi connectivity index (χ0n) is 53.4. The monoisotopic (exact) mass is 1090 g/mol. The summed E-state index contributed by atoms with van der Waals surface area (Å²) in [6, 6.07) is 21.3. The molecule has 0 fully saturated rings. The molecule has 0 saturated heterocycles. The Morgan fingerprint density at radius 3 is 0.787 bits per heavy atom. The van der Waals surface area contributed by atoms with Crippen LogP contribution in [0.2, 0.25) is 0 Å². The third-order valence-corrected chi connectivity index (χ3v) is 17.3. The lowest BCUT2D eigenvalue weighted by Crippen LogP contribution is -2.09. The van der Waals surface area contributed by atoms with Crippen molar-refractivity contribution in [2.75, 3.05) is 10.6 Å². The van der Waals surface area contributed by atoms with E-state index in [1.807, 2.05) is 12.1 Å². The van der Waals surface area contributed by atoms with Crippen molar-refractivity contribution >= 4 is 23.3 Å². The fourth-order valence-electron chi connectivity index (χ4n) is 12.3. The Labute approximate surface area is 495 Å². The lowest BCUT2D eigenvalue weighted by Gasteiger charge is -2.20. The number of unbranched alkanes of at least 4 members (excludes halogenated alkanes) is 36. The predicted molar refractivity (Wildman–Crippen MR) is 354 cm³/mol. The van der Waals surface area contributed by atoms with Gasteiger partial charge in [0.05, 0.1) is 0 Å². The molecule has 4 aromatic rings. The maximum absolute atomic E-state index is 5.29. The van der Waals surface area contributed by atoms with Gasteiger partial charge in [0.1, 0.15) is 0 Å². The number of aromatic nitrogens is 3. The Balaban J connectivity index is 1.74. The zero-order valence-corrected chi connectivity index (χ0v) is 53.4. The molecule has 0 atom stereocenters. The van der Waals surface area contributed by atoms with Crippen LogP contribution in [0, 0.1) is 6.07 Å². The standard InChI is InChI=1S/C75H124N5/c1-7-13-19-25-31-37-44-54-65-60-69(61-66(55-45-38-32-26-20-14-8-2)71(65)58-50-41-35-29-23-17-11-5)76-74-78-73(64-52-48-43-49-53-64)79-75(80-74)77-70-62-67(56-46-39-33-27-21-15-9-3)72(59-51-42-36-30-24-18-12-6)68(63-70)57-47-40-34-28-22-16-10-4/h48-49,52-53,60-63H,7-42,44-47,50-51,54-59H2,1-6H3,(H2,76,77,78,79,80). The topological polar surface area (TPSA) is 62.7 Å². The van der Waals surface area contributed by atoms with Gasteiger partial charge in [0.25, 0.3) is 0 Å². The number of hydrogen-bond acceptors (Lipinski definition) is 5. The van der Waals surface area contributed by atoms with E-state index in [1.165, 1.54) is 283 Å². The molecule has 5 heteroatoms. The summed E-state index contributed by atoms with van der Waals surface area (Å²) in [5, 5.41) is 7.73. The van der Waals surface area contributed by atoms with Gasteiger partial charge in [-0.3, -0.25) is 0 Å². The maximum Gasteiger partial charge on any atom is 0.232 e. The molecule has 0 aliphatic rings. The molecule has 0 bridgehead atoms. The molecule has 1 aromatic heterocycles. The van der Waals surface area contributed by atoms with Gasteiger partial charge in [0, 0.05) is 16.9 Å². The van der Waals surface area contributed by atoms with E-state index in [4.69, 9.17) is 15.0 Å². The van der Waals surface area contributed by atoms with Crippen molar-refractivity contribution in [3.8, 4) is 11.4 Å². The maximum atomic E-state index is 5.29. The second-order valence-electron chi connectivity index (χ2n) is 24.6. The molecular formula is C75H124N5. The quantitative estimate of drug-likeness (QED) is 0.0432. The SMILES string of the molecule is CCCCCCCCCc1cc(Nc2nc(Nc3cc(CCCCCCCCC)c(CCCCCCCCC)c(CCCCCCCCC)c3)nc(-c3cc[c]cc3)n2)cc(CCCCCCCCC)c1CCCCCCCCC. The molecule has 5 nitrogen and oxygen atoms in total. The van der Waals surface area contributed by atoms with Gasteiger partial charge in [-0.1, -0.05) is 297 Å². The molecule has 0 aliphatic heterocycles. The summed E-state index contributed by atoms with van der Waals surface area (Å²) in [7, 11) is 0. The molecule has 80 heavy (non-hydrogen) atoms. The van der Waals surface area contributed by atoms with Gasteiger partial charge in [-0.05, 0) is 141 Å².